The molecule has 2 aromatic carbocycles. The molecule has 0 aromatic heterocycles. The third-order valence-corrected chi connectivity index (χ3v) is 8.20. The zero-order valence-electron chi connectivity index (χ0n) is 20.2. The van der Waals surface area contributed by atoms with E-state index in [0.717, 1.165) is 49.9 Å². The van der Waals surface area contributed by atoms with E-state index in [1.54, 1.807) is 12.1 Å². The lowest BCUT2D eigenvalue weighted by molar-refractivity contribution is -0.140. The minimum atomic E-state index is -0.285. The molecule has 7 heteroatoms. The summed E-state index contributed by atoms with van der Waals surface area (Å²) in [4.78, 5) is 45.4. The quantitative estimate of drug-likeness (QED) is 0.541. The summed E-state index contributed by atoms with van der Waals surface area (Å²) < 4.78 is 0. The van der Waals surface area contributed by atoms with Gasteiger partial charge in [-0.25, -0.2) is 0 Å². The molecule has 2 fully saturated rings. The molecule has 2 aromatic rings. The predicted octanol–water partition coefficient (Wildman–Crippen LogP) is 5.14. The summed E-state index contributed by atoms with van der Waals surface area (Å²) in [6.45, 7) is 4.59. The van der Waals surface area contributed by atoms with Crippen LogP contribution in [0.25, 0.3) is 0 Å². The highest BCUT2D eigenvalue weighted by atomic mass is 35.5. The Balaban J connectivity index is 1.30. The summed E-state index contributed by atoms with van der Waals surface area (Å²) in [5.41, 5.74) is 2.44. The number of fused-ring (bicyclic) bond motifs is 1. The van der Waals surface area contributed by atoms with Crippen molar-refractivity contribution in [3.05, 3.63) is 64.2 Å². The molecule has 1 atom stereocenters. The Morgan fingerprint density at radius 1 is 0.943 bits per heavy atom. The van der Waals surface area contributed by atoms with Crippen molar-refractivity contribution in [2.24, 2.45) is 5.92 Å². The first-order valence-corrected chi connectivity index (χ1v) is 13.2. The van der Waals surface area contributed by atoms with Crippen molar-refractivity contribution in [1.82, 2.24) is 9.80 Å². The topological polar surface area (TPSA) is 60.9 Å². The van der Waals surface area contributed by atoms with E-state index in [1.165, 1.54) is 11.3 Å². The standard InChI is InChI=1S/C28H32ClN3O3/c1-2-21-9-5-6-15-31(21)26(33)19-13-16-30(17-14-19)24-12-7-10-22-25(24)28(35)32(27(22)34)18-20-8-3-4-11-23(20)29/h3-4,7-8,10-12,19,21H,2,5-6,9,13-18H2,1H3. The van der Waals surface area contributed by atoms with Gasteiger partial charge >= 0.3 is 0 Å². The molecule has 3 aliphatic heterocycles. The molecule has 3 heterocycles. The van der Waals surface area contributed by atoms with Crippen LogP contribution in [0.4, 0.5) is 5.69 Å². The number of benzene rings is 2. The first-order chi connectivity index (χ1) is 17.0. The lowest BCUT2D eigenvalue weighted by atomic mass is 9.91. The SMILES string of the molecule is CCC1CCCCN1C(=O)C1CCN(c2cccc3c2C(=O)N(Cc2ccccc2Cl)C3=O)CC1. The number of hydrogen-bond acceptors (Lipinski definition) is 4. The number of hydrogen-bond donors (Lipinski definition) is 0. The van der Waals surface area contributed by atoms with Gasteiger partial charge in [-0.1, -0.05) is 42.8 Å². The maximum absolute atomic E-state index is 13.4. The van der Waals surface area contributed by atoms with Gasteiger partial charge in [0.05, 0.1) is 23.4 Å². The van der Waals surface area contributed by atoms with E-state index in [2.05, 4.69) is 16.7 Å². The van der Waals surface area contributed by atoms with Gasteiger partial charge in [0.25, 0.3) is 11.8 Å². The molecule has 5 rings (SSSR count). The molecular formula is C28H32ClN3O3. The average Bonchev–Trinajstić information content (AvgIpc) is 3.14. The Hall–Kier alpha value is -2.86. The fourth-order valence-electron chi connectivity index (χ4n) is 5.84. The lowest BCUT2D eigenvalue weighted by Crippen LogP contribution is -2.48. The average molecular weight is 494 g/mol. The maximum atomic E-state index is 13.4. The van der Waals surface area contributed by atoms with Crippen LogP contribution in [-0.2, 0) is 11.3 Å². The summed E-state index contributed by atoms with van der Waals surface area (Å²) in [5.74, 6) is -0.235. The van der Waals surface area contributed by atoms with E-state index in [9.17, 15) is 14.4 Å². The fourth-order valence-corrected chi connectivity index (χ4v) is 6.03. The highest BCUT2D eigenvalue weighted by Crippen LogP contribution is 2.36. The monoisotopic (exact) mass is 493 g/mol. The third kappa shape index (κ3) is 4.44. The van der Waals surface area contributed by atoms with E-state index in [1.807, 2.05) is 30.3 Å². The first-order valence-electron chi connectivity index (χ1n) is 12.8. The largest absolute Gasteiger partial charge is 0.371 e. The minimum Gasteiger partial charge on any atom is -0.371 e. The van der Waals surface area contributed by atoms with E-state index in [0.29, 0.717) is 41.2 Å². The molecular weight excluding hydrogens is 462 g/mol. The van der Waals surface area contributed by atoms with Crippen LogP contribution in [0, 0.1) is 5.92 Å². The number of halogens is 1. The van der Waals surface area contributed by atoms with Crippen LogP contribution in [0.3, 0.4) is 0 Å². The minimum absolute atomic E-state index is 0.0317. The number of anilines is 1. The second kappa shape index (κ2) is 10.0. The molecule has 6 nitrogen and oxygen atoms in total. The van der Waals surface area contributed by atoms with E-state index in [4.69, 9.17) is 11.6 Å². The maximum Gasteiger partial charge on any atom is 0.263 e. The number of amides is 3. The third-order valence-electron chi connectivity index (χ3n) is 7.83. The van der Waals surface area contributed by atoms with Crippen molar-refractivity contribution < 1.29 is 14.4 Å². The van der Waals surface area contributed by atoms with Crippen LogP contribution in [0.15, 0.2) is 42.5 Å². The molecule has 0 saturated carbocycles. The van der Waals surface area contributed by atoms with Crippen molar-refractivity contribution in [2.75, 3.05) is 24.5 Å². The number of piperidine rings is 2. The van der Waals surface area contributed by atoms with Gasteiger partial charge in [-0.2, -0.15) is 0 Å². The number of likely N-dealkylation sites (tertiary alicyclic amines) is 1. The zero-order chi connectivity index (χ0) is 24.5. The van der Waals surface area contributed by atoms with Crippen molar-refractivity contribution in [3.8, 4) is 0 Å². The fraction of sp³-hybridized carbons (Fsp3) is 0.464. The highest BCUT2D eigenvalue weighted by molar-refractivity contribution is 6.31. The van der Waals surface area contributed by atoms with Crippen molar-refractivity contribution >= 4 is 35.0 Å². The molecule has 184 valence electrons. The van der Waals surface area contributed by atoms with E-state index < -0.39 is 0 Å². The molecule has 35 heavy (non-hydrogen) atoms. The Kier molecular flexibility index (Phi) is 6.83. The predicted molar refractivity (Wildman–Crippen MR) is 137 cm³/mol. The molecule has 2 saturated heterocycles. The van der Waals surface area contributed by atoms with Gasteiger partial charge in [0, 0.05) is 36.6 Å². The first kappa shape index (κ1) is 23.9. The zero-order valence-corrected chi connectivity index (χ0v) is 21.0. The van der Waals surface area contributed by atoms with Gasteiger partial charge in [0.1, 0.15) is 0 Å². The van der Waals surface area contributed by atoms with Crippen molar-refractivity contribution in [1.29, 1.82) is 0 Å². The summed E-state index contributed by atoms with van der Waals surface area (Å²) in [5, 5.41) is 0.537. The summed E-state index contributed by atoms with van der Waals surface area (Å²) in [7, 11) is 0. The second-order valence-electron chi connectivity index (χ2n) is 9.84. The summed E-state index contributed by atoms with van der Waals surface area (Å²) in [6, 6.07) is 13.1. The molecule has 0 aliphatic carbocycles. The van der Waals surface area contributed by atoms with Gasteiger partial charge in [-0.15, -0.1) is 0 Å². The van der Waals surface area contributed by atoms with Gasteiger partial charge in [-0.3, -0.25) is 19.3 Å². The smallest absolute Gasteiger partial charge is 0.263 e. The summed E-state index contributed by atoms with van der Waals surface area (Å²) >= 11 is 6.29. The Labute approximate surface area is 211 Å². The van der Waals surface area contributed by atoms with Gasteiger partial charge < -0.3 is 9.80 Å². The number of carbonyl (C=O) groups is 3. The van der Waals surface area contributed by atoms with Crippen LogP contribution in [0.2, 0.25) is 5.02 Å². The van der Waals surface area contributed by atoms with Crippen molar-refractivity contribution in [2.45, 2.75) is 58.0 Å². The van der Waals surface area contributed by atoms with E-state index in [-0.39, 0.29) is 24.3 Å². The Morgan fingerprint density at radius 2 is 1.71 bits per heavy atom. The number of imide groups is 1. The van der Waals surface area contributed by atoms with Crippen LogP contribution in [-0.4, -0.2) is 53.2 Å². The Bertz CT molecular complexity index is 1140. The number of rotatable bonds is 5. The van der Waals surface area contributed by atoms with E-state index >= 15 is 0 Å². The molecule has 1 unspecified atom stereocenters. The van der Waals surface area contributed by atoms with Crippen molar-refractivity contribution in [3.63, 3.8) is 0 Å². The van der Waals surface area contributed by atoms with Crippen LogP contribution >= 0.6 is 11.6 Å². The normalized spacial score (nSPS) is 21.0. The van der Waals surface area contributed by atoms with Crippen LogP contribution < -0.4 is 4.90 Å². The second-order valence-corrected chi connectivity index (χ2v) is 10.2. The molecule has 0 spiro atoms. The number of nitrogens with zero attached hydrogens (tertiary/aromatic N) is 3. The Morgan fingerprint density at radius 3 is 2.46 bits per heavy atom. The summed E-state index contributed by atoms with van der Waals surface area (Å²) in [6.07, 6.45) is 5.96. The van der Waals surface area contributed by atoms with Gasteiger partial charge in [0.2, 0.25) is 5.91 Å². The lowest BCUT2D eigenvalue weighted by Gasteiger charge is -2.40. The van der Waals surface area contributed by atoms with Crippen LogP contribution in [0.1, 0.15) is 71.7 Å². The molecule has 0 N–H and O–H groups in total. The highest BCUT2D eigenvalue weighted by Gasteiger charge is 2.40. The molecule has 3 aliphatic rings. The van der Waals surface area contributed by atoms with Crippen LogP contribution in [0.5, 0.6) is 0 Å². The number of carbonyl (C=O) groups excluding carboxylic acids is 3. The molecule has 3 amide bonds. The van der Waals surface area contributed by atoms with Gasteiger partial charge in [0.15, 0.2) is 0 Å². The molecule has 0 bridgehead atoms. The molecule has 0 radical (unpaired) electrons. The van der Waals surface area contributed by atoms with Gasteiger partial charge in [-0.05, 0) is 62.3 Å².